The lowest BCUT2D eigenvalue weighted by molar-refractivity contribution is -0.116. The standard InChI is InChI=1S/C25H32N4O2/c1-19(30)17-26-23-13-16-29(18-23)24-9-7-22(8-10-24)27-25(31)28-14-11-21(12-15-28)20-5-3-2-4-6-20/h2-10,21,23,26H,11-18H2,1H3,(H,27,31). The summed E-state index contributed by atoms with van der Waals surface area (Å²) in [5.74, 6) is 0.710. The molecule has 0 aromatic heterocycles. The van der Waals surface area contributed by atoms with Crippen molar-refractivity contribution in [3.05, 3.63) is 60.2 Å². The van der Waals surface area contributed by atoms with Gasteiger partial charge < -0.3 is 20.4 Å². The van der Waals surface area contributed by atoms with E-state index in [1.54, 1.807) is 6.92 Å². The molecule has 1 atom stereocenters. The van der Waals surface area contributed by atoms with Gasteiger partial charge in [-0.25, -0.2) is 4.79 Å². The van der Waals surface area contributed by atoms with Crippen LogP contribution in [0.25, 0.3) is 0 Å². The lowest BCUT2D eigenvalue weighted by atomic mass is 9.90. The number of Topliss-reactive ketones (excluding diaryl/α,β-unsaturated/α-hetero) is 1. The quantitative estimate of drug-likeness (QED) is 0.745. The van der Waals surface area contributed by atoms with Gasteiger partial charge in [0.1, 0.15) is 5.78 Å². The molecule has 0 aliphatic carbocycles. The Balaban J connectivity index is 1.25. The molecule has 2 aliphatic rings. The van der Waals surface area contributed by atoms with Gasteiger partial charge in [-0.3, -0.25) is 4.79 Å². The van der Waals surface area contributed by atoms with Crippen LogP contribution in [-0.4, -0.2) is 55.5 Å². The number of piperidine rings is 1. The number of anilines is 2. The Morgan fingerprint density at radius 2 is 1.65 bits per heavy atom. The van der Waals surface area contributed by atoms with Gasteiger partial charge in [-0.15, -0.1) is 0 Å². The molecule has 1 unspecified atom stereocenters. The number of likely N-dealkylation sites (tertiary alicyclic amines) is 1. The van der Waals surface area contributed by atoms with Crippen LogP contribution >= 0.6 is 0 Å². The van der Waals surface area contributed by atoms with Crippen LogP contribution in [0.1, 0.15) is 37.7 Å². The molecule has 2 N–H and O–H groups in total. The summed E-state index contributed by atoms with van der Waals surface area (Å²) in [5.41, 5.74) is 3.34. The molecule has 0 bridgehead atoms. The number of urea groups is 1. The Hall–Kier alpha value is -2.86. The van der Waals surface area contributed by atoms with Crippen LogP contribution in [0.4, 0.5) is 16.2 Å². The fourth-order valence-corrected chi connectivity index (χ4v) is 4.55. The molecule has 2 aliphatic heterocycles. The normalized spacial score (nSPS) is 19.5. The highest BCUT2D eigenvalue weighted by Gasteiger charge is 2.24. The van der Waals surface area contributed by atoms with Crippen LogP contribution in [0.5, 0.6) is 0 Å². The fraction of sp³-hybridized carbons (Fsp3) is 0.440. The van der Waals surface area contributed by atoms with Crippen molar-refractivity contribution in [3.63, 3.8) is 0 Å². The molecule has 2 heterocycles. The van der Waals surface area contributed by atoms with Crippen LogP contribution < -0.4 is 15.5 Å². The van der Waals surface area contributed by atoms with E-state index >= 15 is 0 Å². The molecule has 2 aromatic carbocycles. The van der Waals surface area contributed by atoms with E-state index in [1.807, 2.05) is 23.1 Å². The third-order valence-electron chi connectivity index (χ3n) is 6.36. The van der Waals surface area contributed by atoms with Crippen molar-refractivity contribution in [2.24, 2.45) is 0 Å². The van der Waals surface area contributed by atoms with Gasteiger partial charge in [-0.05, 0) is 61.9 Å². The highest BCUT2D eigenvalue weighted by Crippen LogP contribution is 2.28. The second kappa shape index (κ2) is 9.96. The number of rotatable bonds is 6. The van der Waals surface area contributed by atoms with Crippen molar-refractivity contribution in [2.75, 3.05) is 42.9 Å². The molecule has 6 nitrogen and oxygen atoms in total. The Morgan fingerprint density at radius 3 is 2.32 bits per heavy atom. The van der Waals surface area contributed by atoms with E-state index in [2.05, 4.69) is 51.9 Å². The van der Waals surface area contributed by atoms with E-state index in [-0.39, 0.29) is 11.8 Å². The Bertz CT molecular complexity index is 876. The largest absolute Gasteiger partial charge is 0.370 e. The third kappa shape index (κ3) is 5.64. The maximum Gasteiger partial charge on any atom is 0.321 e. The van der Waals surface area contributed by atoms with Crippen molar-refractivity contribution < 1.29 is 9.59 Å². The maximum atomic E-state index is 12.7. The number of nitrogens with one attached hydrogen (secondary N) is 2. The van der Waals surface area contributed by atoms with Gasteiger partial charge in [0.25, 0.3) is 0 Å². The van der Waals surface area contributed by atoms with Crippen LogP contribution in [0, 0.1) is 0 Å². The average molecular weight is 421 g/mol. The first-order valence-electron chi connectivity index (χ1n) is 11.3. The SMILES string of the molecule is CC(=O)CNC1CCN(c2ccc(NC(=O)N3CCC(c4ccccc4)CC3)cc2)C1. The third-order valence-corrected chi connectivity index (χ3v) is 6.36. The first kappa shape index (κ1) is 21.4. The zero-order valence-electron chi connectivity index (χ0n) is 18.2. The van der Waals surface area contributed by atoms with Crippen molar-refractivity contribution >= 4 is 23.2 Å². The zero-order valence-corrected chi connectivity index (χ0v) is 18.2. The van der Waals surface area contributed by atoms with Gasteiger partial charge in [-0.2, -0.15) is 0 Å². The van der Waals surface area contributed by atoms with Gasteiger partial charge in [0.05, 0.1) is 6.54 Å². The Kier molecular flexibility index (Phi) is 6.87. The molecule has 31 heavy (non-hydrogen) atoms. The lowest BCUT2D eigenvalue weighted by Gasteiger charge is -2.32. The average Bonchev–Trinajstić information content (AvgIpc) is 3.28. The molecule has 2 aromatic rings. The first-order chi connectivity index (χ1) is 15.1. The minimum Gasteiger partial charge on any atom is -0.370 e. The summed E-state index contributed by atoms with van der Waals surface area (Å²) in [6.45, 7) is 5.48. The van der Waals surface area contributed by atoms with Gasteiger partial charge in [0.15, 0.2) is 0 Å². The second-order valence-corrected chi connectivity index (χ2v) is 8.66. The summed E-state index contributed by atoms with van der Waals surface area (Å²) in [5, 5.41) is 6.36. The van der Waals surface area contributed by atoms with E-state index in [4.69, 9.17) is 0 Å². The molecule has 6 heteroatoms. The van der Waals surface area contributed by atoms with Crippen LogP contribution in [-0.2, 0) is 4.79 Å². The monoisotopic (exact) mass is 420 g/mol. The lowest BCUT2D eigenvalue weighted by Crippen LogP contribution is -2.40. The smallest absolute Gasteiger partial charge is 0.321 e. The van der Waals surface area contributed by atoms with Gasteiger partial charge in [-0.1, -0.05) is 30.3 Å². The summed E-state index contributed by atoms with van der Waals surface area (Å²) in [6, 6.07) is 19.0. The summed E-state index contributed by atoms with van der Waals surface area (Å²) in [7, 11) is 0. The molecule has 2 fully saturated rings. The Labute approximate surface area is 184 Å². The number of ketones is 1. The highest BCUT2D eigenvalue weighted by atomic mass is 16.2. The molecular weight excluding hydrogens is 388 g/mol. The van der Waals surface area contributed by atoms with E-state index in [0.717, 1.165) is 56.8 Å². The number of nitrogens with zero attached hydrogens (tertiary/aromatic N) is 2. The number of carbonyl (C=O) groups excluding carboxylic acids is 2. The van der Waals surface area contributed by atoms with Crippen LogP contribution in [0.15, 0.2) is 54.6 Å². The number of benzene rings is 2. The van der Waals surface area contributed by atoms with Crippen molar-refractivity contribution in [3.8, 4) is 0 Å². The summed E-state index contributed by atoms with van der Waals surface area (Å²) >= 11 is 0. The van der Waals surface area contributed by atoms with E-state index in [1.165, 1.54) is 5.56 Å². The van der Waals surface area contributed by atoms with E-state index < -0.39 is 0 Å². The molecule has 0 radical (unpaired) electrons. The minimum absolute atomic E-state index is 0.0195. The predicted molar refractivity (Wildman–Crippen MR) is 125 cm³/mol. The van der Waals surface area contributed by atoms with Crippen molar-refractivity contribution in [1.82, 2.24) is 10.2 Å². The van der Waals surface area contributed by atoms with Gasteiger partial charge >= 0.3 is 6.03 Å². The number of amides is 2. The molecule has 4 rings (SSSR count). The number of hydrogen-bond donors (Lipinski definition) is 2. The number of hydrogen-bond acceptors (Lipinski definition) is 4. The molecule has 0 spiro atoms. The van der Waals surface area contributed by atoms with E-state index in [0.29, 0.717) is 18.5 Å². The molecule has 164 valence electrons. The van der Waals surface area contributed by atoms with Gasteiger partial charge in [0.2, 0.25) is 0 Å². The highest BCUT2D eigenvalue weighted by molar-refractivity contribution is 5.89. The molecule has 2 amide bonds. The molecule has 0 saturated carbocycles. The molecule has 2 saturated heterocycles. The summed E-state index contributed by atoms with van der Waals surface area (Å²) in [6.07, 6.45) is 3.04. The predicted octanol–water partition coefficient (Wildman–Crippen LogP) is 3.86. The van der Waals surface area contributed by atoms with Crippen LogP contribution in [0.3, 0.4) is 0 Å². The maximum absolute atomic E-state index is 12.7. The van der Waals surface area contributed by atoms with E-state index in [9.17, 15) is 9.59 Å². The number of carbonyl (C=O) groups is 2. The van der Waals surface area contributed by atoms with Crippen molar-refractivity contribution in [2.45, 2.75) is 38.1 Å². The van der Waals surface area contributed by atoms with Gasteiger partial charge in [0, 0.05) is 43.6 Å². The summed E-state index contributed by atoms with van der Waals surface area (Å²) < 4.78 is 0. The first-order valence-corrected chi connectivity index (χ1v) is 11.3. The minimum atomic E-state index is -0.0195. The fourth-order valence-electron chi connectivity index (χ4n) is 4.55. The zero-order chi connectivity index (χ0) is 21.6. The Morgan fingerprint density at radius 1 is 0.935 bits per heavy atom. The summed E-state index contributed by atoms with van der Waals surface area (Å²) in [4.78, 5) is 28.1. The molecular formula is C25H32N4O2. The second-order valence-electron chi connectivity index (χ2n) is 8.66. The van der Waals surface area contributed by atoms with Crippen LogP contribution in [0.2, 0.25) is 0 Å². The topological polar surface area (TPSA) is 64.7 Å². The van der Waals surface area contributed by atoms with Crippen molar-refractivity contribution in [1.29, 1.82) is 0 Å².